The Labute approximate surface area is 270 Å². The highest BCUT2D eigenvalue weighted by Gasteiger charge is 2.36. The lowest BCUT2D eigenvalue weighted by Crippen LogP contribution is -2.55. The number of sulfonamides is 1. The van der Waals surface area contributed by atoms with Gasteiger partial charge in [0.15, 0.2) is 5.69 Å². The van der Waals surface area contributed by atoms with Crippen molar-refractivity contribution in [3.8, 4) is 0 Å². The Morgan fingerprint density at radius 3 is 2.35 bits per heavy atom. The Bertz CT molecular complexity index is 1490. The van der Waals surface area contributed by atoms with Gasteiger partial charge < -0.3 is 20.4 Å². The topological polar surface area (TPSA) is 167 Å². The number of halogens is 1. The number of hydrogen-bond acceptors (Lipinski definition) is 9. The third-order valence-electron chi connectivity index (χ3n) is 9.25. The molecule has 1 aliphatic heterocycles. The standard InChI is InChI=1S/C31H46FN7O6S/c1-6-24-28(36-45-35-24)30(41)34-27(21-10-8-19(3)9-11-21)29(40)33-25-13-12-22(18-23(25)32)20(4)26(37-46(43,44)7-2)31(42)39-16-14-38(5)15-17-39/h12-13,18-21,26-27,37H,6-11,14-17H2,1-5H3,(H,33,40)(H,34,41)/t19?,20-,21?,26+,27-/m0/s1. The van der Waals surface area contributed by atoms with Crippen LogP contribution < -0.4 is 15.4 Å². The first-order chi connectivity index (χ1) is 21.8. The molecule has 1 aliphatic carbocycles. The normalized spacial score (nSPS) is 21.3. The summed E-state index contributed by atoms with van der Waals surface area (Å²) < 4.78 is 48.0. The van der Waals surface area contributed by atoms with Gasteiger partial charge in [-0.1, -0.05) is 44.8 Å². The van der Waals surface area contributed by atoms with E-state index in [4.69, 9.17) is 4.63 Å². The highest BCUT2D eigenvalue weighted by Crippen LogP contribution is 2.32. The van der Waals surface area contributed by atoms with Crippen LogP contribution in [0.5, 0.6) is 0 Å². The van der Waals surface area contributed by atoms with Gasteiger partial charge >= 0.3 is 0 Å². The number of nitrogens with one attached hydrogen (secondary N) is 3. The lowest BCUT2D eigenvalue weighted by Gasteiger charge is -2.36. The van der Waals surface area contributed by atoms with Gasteiger partial charge in [-0.15, -0.1) is 0 Å². The van der Waals surface area contributed by atoms with E-state index in [0.717, 1.165) is 12.8 Å². The summed E-state index contributed by atoms with van der Waals surface area (Å²) in [7, 11) is -1.81. The number of nitrogens with zero attached hydrogens (tertiary/aromatic N) is 4. The van der Waals surface area contributed by atoms with E-state index < -0.39 is 45.7 Å². The van der Waals surface area contributed by atoms with E-state index in [9.17, 15) is 22.8 Å². The molecule has 0 spiro atoms. The maximum absolute atomic E-state index is 15.6. The summed E-state index contributed by atoms with van der Waals surface area (Å²) >= 11 is 0. The van der Waals surface area contributed by atoms with Crippen LogP contribution in [0.1, 0.15) is 81.0 Å². The molecule has 4 rings (SSSR count). The molecular weight excluding hydrogens is 617 g/mol. The molecule has 3 N–H and O–H groups in total. The van der Waals surface area contributed by atoms with Crippen LogP contribution >= 0.6 is 0 Å². The number of aryl methyl sites for hydroxylation is 1. The van der Waals surface area contributed by atoms with Gasteiger partial charge in [-0.25, -0.2) is 22.2 Å². The fourth-order valence-corrected chi connectivity index (χ4v) is 6.88. The van der Waals surface area contributed by atoms with Gasteiger partial charge in [0.05, 0.1) is 11.4 Å². The molecule has 2 aliphatic rings. The second-order valence-corrected chi connectivity index (χ2v) is 14.6. The number of likely N-dealkylation sites (N-methyl/N-ethyl adjacent to an activating group) is 1. The summed E-state index contributed by atoms with van der Waals surface area (Å²) in [5, 5.41) is 12.9. The van der Waals surface area contributed by atoms with Gasteiger partial charge in [0.2, 0.25) is 21.8 Å². The van der Waals surface area contributed by atoms with Crippen molar-refractivity contribution in [2.24, 2.45) is 11.8 Å². The van der Waals surface area contributed by atoms with Crippen molar-refractivity contribution in [2.75, 3.05) is 44.3 Å². The van der Waals surface area contributed by atoms with Crippen LogP contribution in [0.15, 0.2) is 22.8 Å². The van der Waals surface area contributed by atoms with Gasteiger partial charge in [0, 0.05) is 32.1 Å². The minimum Gasteiger partial charge on any atom is -0.339 e. The lowest BCUT2D eigenvalue weighted by atomic mass is 9.79. The molecule has 3 atom stereocenters. The Kier molecular flexibility index (Phi) is 11.9. The molecule has 1 saturated heterocycles. The zero-order chi connectivity index (χ0) is 33.6. The van der Waals surface area contributed by atoms with Crippen LogP contribution in [0.4, 0.5) is 10.1 Å². The minimum absolute atomic E-state index is 0.00775. The molecule has 2 heterocycles. The van der Waals surface area contributed by atoms with Gasteiger partial charge in [0.25, 0.3) is 5.91 Å². The monoisotopic (exact) mass is 663 g/mol. The summed E-state index contributed by atoms with van der Waals surface area (Å²) in [5.74, 6) is -2.87. The van der Waals surface area contributed by atoms with Crippen molar-refractivity contribution in [1.82, 2.24) is 30.2 Å². The van der Waals surface area contributed by atoms with E-state index in [1.807, 2.05) is 7.05 Å². The summed E-state index contributed by atoms with van der Waals surface area (Å²) in [4.78, 5) is 44.0. The van der Waals surface area contributed by atoms with Crippen LogP contribution in [-0.2, 0) is 26.0 Å². The average molecular weight is 664 g/mol. The Morgan fingerprint density at radius 2 is 1.74 bits per heavy atom. The number of anilines is 1. The number of piperazine rings is 1. The average Bonchev–Trinajstić information content (AvgIpc) is 3.53. The molecule has 13 nitrogen and oxygen atoms in total. The van der Waals surface area contributed by atoms with E-state index in [2.05, 4.69) is 37.5 Å². The van der Waals surface area contributed by atoms with Crippen molar-refractivity contribution in [2.45, 2.75) is 77.8 Å². The van der Waals surface area contributed by atoms with Crippen molar-refractivity contribution in [3.63, 3.8) is 0 Å². The number of benzene rings is 1. The Morgan fingerprint density at radius 1 is 1.07 bits per heavy atom. The van der Waals surface area contributed by atoms with E-state index in [0.29, 0.717) is 62.6 Å². The van der Waals surface area contributed by atoms with Gasteiger partial charge in [-0.05, 0) is 67.9 Å². The van der Waals surface area contributed by atoms with Gasteiger partial charge in [0.1, 0.15) is 23.6 Å². The van der Waals surface area contributed by atoms with Crippen molar-refractivity contribution >= 4 is 33.4 Å². The van der Waals surface area contributed by atoms with Crippen molar-refractivity contribution in [3.05, 3.63) is 41.0 Å². The highest BCUT2D eigenvalue weighted by atomic mass is 32.2. The SMILES string of the molecule is CCc1nonc1C(=O)N[C@H](C(=O)Nc1ccc([C@H](C)[C@@H](NS(=O)(=O)CC)C(=O)N2CCN(C)CC2)cc1F)C1CCC(C)CC1. The highest BCUT2D eigenvalue weighted by molar-refractivity contribution is 7.89. The van der Waals surface area contributed by atoms with Crippen molar-refractivity contribution < 1.29 is 31.8 Å². The number of hydrogen-bond donors (Lipinski definition) is 3. The predicted molar refractivity (Wildman–Crippen MR) is 170 cm³/mol. The number of carbonyl (C=O) groups is 3. The molecule has 1 aromatic carbocycles. The zero-order valence-corrected chi connectivity index (χ0v) is 28.0. The van der Waals surface area contributed by atoms with Crippen LogP contribution in [0.25, 0.3) is 0 Å². The number of amides is 3. The van der Waals surface area contributed by atoms with E-state index in [1.165, 1.54) is 19.1 Å². The molecule has 2 fully saturated rings. The molecule has 2 aromatic rings. The fourth-order valence-electron chi connectivity index (χ4n) is 6.02. The molecule has 0 bridgehead atoms. The van der Waals surface area contributed by atoms with Crippen LogP contribution in [-0.4, -0.2) is 97.3 Å². The molecule has 0 unspecified atom stereocenters. The van der Waals surface area contributed by atoms with Gasteiger partial charge in [-0.2, -0.15) is 0 Å². The Hall–Kier alpha value is -3.43. The largest absolute Gasteiger partial charge is 0.339 e. The second-order valence-electron chi connectivity index (χ2n) is 12.5. The first-order valence-electron chi connectivity index (χ1n) is 16.0. The van der Waals surface area contributed by atoms with Crippen LogP contribution in [0.3, 0.4) is 0 Å². The molecule has 1 saturated carbocycles. The van der Waals surface area contributed by atoms with Crippen molar-refractivity contribution in [1.29, 1.82) is 0 Å². The molecule has 3 amide bonds. The maximum Gasteiger partial charge on any atom is 0.276 e. The number of carbonyl (C=O) groups excluding carboxylic acids is 3. The molecule has 46 heavy (non-hydrogen) atoms. The molecule has 1 aromatic heterocycles. The van der Waals surface area contributed by atoms with Gasteiger partial charge in [-0.3, -0.25) is 14.4 Å². The smallest absolute Gasteiger partial charge is 0.276 e. The van der Waals surface area contributed by atoms with E-state index in [1.54, 1.807) is 24.8 Å². The first-order valence-corrected chi connectivity index (χ1v) is 17.7. The van der Waals surface area contributed by atoms with E-state index >= 15 is 4.39 Å². The lowest BCUT2D eigenvalue weighted by molar-refractivity contribution is -0.135. The fraction of sp³-hybridized carbons (Fsp3) is 0.645. The molecular formula is C31H46FN7O6S. The zero-order valence-electron chi connectivity index (χ0n) is 27.2. The predicted octanol–water partition coefficient (Wildman–Crippen LogP) is 2.52. The molecule has 0 radical (unpaired) electrons. The quantitative estimate of drug-likeness (QED) is 0.309. The van der Waals surface area contributed by atoms with Crippen LogP contribution in [0.2, 0.25) is 0 Å². The number of aromatic nitrogens is 2. The third kappa shape index (κ3) is 8.68. The number of rotatable bonds is 12. The van der Waals surface area contributed by atoms with E-state index in [-0.39, 0.29) is 29.0 Å². The summed E-state index contributed by atoms with van der Waals surface area (Å²) in [6.07, 6.45) is 3.64. The van der Waals surface area contributed by atoms with Crippen LogP contribution in [0, 0.1) is 17.7 Å². The summed E-state index contributed by atoms with van der Waals surface area (Å²) in [6.45, 7) is 9.33. The summed E-state index contributed by atoms with van der Waals surface area (Å²) in [5.41, 5.74) is 0.667. The molecule has 15 heteroatoms. The minimum atomic E-state index is -3.76. The Balaban J connectivity index is 1.54. The molecule has 254 valence electrons. The maximum atomic E-state index is 15.6. The summed E-state index contributed by atoms with van der Waals surface area (Å²) in [6, 6.07) is 2.07. The third-order valence-corrected chi connectivity index (χ3v) is 10.6. The second kappa shape index (κ2) is 15.4. The first kappa shape index (κ1) is 35.4.